The average Bonchev–Trinajstić information content (AvgIpc) is 3.07. The van der Waals surface area contributed by atoms with Crippen LogP contribution in [0.2, 0.25) is 77.6 Å². The monoisotopic (exact) mass is 1120 g/mol. The molecule has 63 heavy (non-hydrogen) atoms. The minimum atomic E-state index is -2.95. The first kappa shape index (κ1) is 66.3. The van der Waals surface area contributed by atoms with Gasteiger partial charge >= 0.3 is 12.0 Å². The van der Waals surface area contributed by atoms with Crippen molar-refractivity contribution in [2.75, 3.05) is 24.6 Å². The van der Waals surface area contributed by atoms with Crippen LogP contribution in [0.5, 0.6) is 0 Å². The van der Waals surface area contributed by atoms with Crippen LogP contribution in [-0.4, -0.2) is 78.0 Å². The molecule has 0 aromatic carbocycles. The summed E-state index contributed by atoms with van der Waals surface area (Å²) >= 11 is 44.0. The molecular weight excluding hydrogens is 1020 g/mol. The molecule has 2 atom stereocenters. The van der Waals surface area contributed by atoms with Gasteiger partial charge in [0.2, 0.25) is 0 Å². The largest absolute Gasteiger partial charge is 0.344 e. The van der Waals surface area contributed by atoms with E-state index in [4.69, 9.17) is 66.5 Å². The van der Waals surface area contributed by atoms with E-state index in [0.717, 1.165) is 63.1 Å². The second-order valence-corrected chi connectivity index (χ2v) is 66.9. The van der Waals surface area contributed by atoms with E-state index in [1.54, 1.807) is 0 Å². The standard InChI is InChI=1S/C48H106Cl6N2SSi6/c1-35(2)58(36(3)4,37(5)6)55(59(38(7)8,39(9)10)40(11)12)31-25-27-47(62(49,50)51)29-33-57-34-30-48(63(52,53)54)28-26-32-56(60(41(13)14,42(15)16)43(17)18)61(44(19)20,45(21)22)46(23)24/h35-48H,25-34H2,1-24H3. The van der Waals surface area contributed by atoms with Gasteiger partial charge in [-0.25, -0.2) is 0 Å². The van der Waals surface area contributed by atoms with Crippen molar-refractivity contribution in [1.82, 2.24) is 8.46 Å². The number of rotatable bonds is 32. The maximum atomic E-state index is 7.00. The molecule has 0 heterocycles. The summed E-state index contributed by atoms with van der Waals surface area (Å²) in [4.78, 5) is 0. The predicted octanol–water partition coefficient (Wildman–Crippen LogP) is 21.4. The fourth-order valence-electron chi connectivity index (χ4n) is 15.7. The maximum Gasteiger partial charge on any atom is 0.344 e. The van der Waals surface area contributed by atoms with Gasteiger partial charge in [0.25, 0.3) is 0 Å². The van der Waals surface area contributed by atoms with Crippen molar-refractivity contribution in [3.8, 4) is 0 Å². The van der Waals surface area contributed by atoms with E-state index in [1.165, 1.54) is 0 Å². The van der Waals surface area contributed by atoms with Gasteiger partial charge in [0.1, 0.15) is 32.9 Å². The molecular formula is C48H106Cl6N2SSi6. The van der Waals surface area contributed by atoms with Gasteiger partial charge in [-0.2, -0.15) is 11.8 Å². The summed E-state index contributed by atoms with van der Waals surface area (Å²) in [5.41, 5.74) is 8.28. The number of hydrogen-bond acceptors (Lipinski definition) is 3. The van der Waals surface area contributed by atoms with Crippen LogP contribution in [0.15, 0.2) is 0 Å². The van der Waals surface area contributed by atoms with E-state index >= 15 is 0 Å². The summed E-state index contributed by atoms with van der Waals surface area (Å²) < 4.78 is 6.58. The summed E-state index contributed by atoms with van der Waals surface area (Å²) in [5.74, 6) is 1.97. The molecule has 0 spiro atoms. The van der Waals surface area contributed by atoms with Crippen LogP contribution in [0, 0.1) is 0 Å². The normalized spacial score (nSPS) is 15.8. The molecule has 0 aliphatic rings. The first-order valence-electron chi connectivity index (χ1n) is 25.8. The molecule has 0 aliphatic carbocycles. The number of nitrogens with zero attached hydrogens (tertiary/aromatic N) is 2. The molecule has 0 rings (SSSR count). The Morgan fingerprint density at radius 2 is 0.476 bits per heavy atom. The Morgan fingerprint density at radius 1 is 0.302 bits per heavy atom. The van der Waals surface area contributed by atoms with Crippen LogP contribution in [-0.2, 0) is 0 Å². The van der Waals surface area contributed by atoms with Crippen molar-refractivity contribution < 1.29 is 0 Å². The molecule has 0 fully saturated rings. The van der Waals surface area contributed by atoms with E-state index < -0.39 is 44.9 Å². The first-order chi connectivity index (χ1) is 28.5. The summed E-state index contributed by atoms with van der Waals surface area (Å²) in [6.07, 6.45) is 6.05. The fourth-order valence-corrected chi connectivity index (χ4v) is 63.5. The summed E-state index contributed by atoms with van der Waals surface area (Å²) in [7, 11) is -7.81. The zero-order valence-corrected chi connectivity index (χ0v) is 57.1. The van der Waals surface area contributed by atoms with Gasteiger partial charge in [0.15, 0.2) is 0 Å². The molecule has 0 N–H and O–H groups in total. The summed E-state index contributed by atoms with van der Waals surface area (Å²) in [5, 5.41) is 0. The highest BCUT2D eigenvalue weighted by Gasteiger charge is 2.60. The predicted molar refractivity (Wildman–Crippen MR) is 317 cm³/mol. The molecule has 15 heteroatoms. The van der Waals surface area contributed by atoms with Gasteiger partial charge in [0.05, 0.1) is 0 Å². The lowest BCUT2D eigenvalue weighted by molar-refractivity contribution is 0.471. The second kappa shape index (κ2) is 27.9. The van der Waals surface area contributed by atoms with Crippen molar-refractivity contribution in [1.29, 1.82) is 0 Å². The van der Waals surface area contributed by atoms with Gasteiger partial charge in [-0.3, -0.25) is 0 Å². The van der Waals surface area contributed by atoms with Crippen LogP contribution in [0.4, 0.5) is 0 Å². The average molecular weight is 1120 g/mol. The molecule has 2 nitrogen and oxygen atoms in total. The zero-order chi connectivity index (χ0) is 50.0. The Bertz CT molecular complexity index is 1030. The van der Waals surface area contributed by atoms with Crippen LogP contribution in [0.25, 0.3) is 0 Å². The topological polar surface area (TPSA) is 6.48 Å². The van der Waals surface area contributed by atoms with E-state index in [0.29, 0.717) is 66.5 Å². The van der Waals surface area contributed by atoms with Crippen molar-refractivity contribution in [3.05, 3.63) is 0 Å². The fraction of sp³-hybridized carbons (Fsp3) is 1.00. The lowest BCUT2D eigenvalue weighted by atomic mass is 10.2. The van der Waals surface area contributed by atoms with Crippen molar-refractivity contribution in [2.45, 2.75) is 282 Å². The molecule has 0 aromatic rings. The molecule has 0 aliphatic heterocycles. The quantitative estimate of drug-likeness (QED) is 0.0377. The second-order valence-electron chi connectivity index (χ2n) is 23.7. The van der Waals surface area contributed by atoms with Crippen LogP contribution in [0.1, 0.15) is 205 Å². The third-order valence-electron chi connectivity index (χ3n) is 17.0. The van der Waals surface area contributed by atoms with Gasteiger partial charge in [0, 0.05) is 0 Å². The Labute approximate surface area is 434 Å². The van der Waals surface area contributed by atoms with E-state index in [1.807, 2.05) is 11.8 Å². The van der Waals surface area contributed by atoms with Crippen molar-refractivity contribution in [2.24, 2.45) is 0 Å². The van der Waals surface area contributed by atoms with E-state index in [2.05, 4.69) is 175 Å². The molecule has 0 radical (unpaired) electrons. The maximum absolute atomic E-state index is 7.00. The van der Waals surface area contributed by atoms with Crippen LogP contribution >= 0.6 is 78.2 Å². The first-order valence-corrected chi connectivity index (χ1v) is 45.9. The molecule has 0 aromatic heterocycles. The molecule has 2 unspecified atom stereocenters. The van der Waals surface area contributed by atoms with Gasteiger partial charge in [-0.15, -0.1) is 66.5 Å². The zero-order valence-electron chi connectivity index (χ0n) is 45.7. The van der Waals surface area contributed by atoms with Gasteiger partial charge in [-0.1, -0.05) is 166 Å². The van der Waals surface area contributed by atoms with Gasteiger partial charge in [-0.05, 0) is 141 Å². The lowest BCUT2D eigenvalue weighted by Gasteiger charge is -2.63. The highest BCUT2D eigenvalue weighted by Crippen LogP contribution is 2.56. The van der Waals surface area contributed by atoms with E-state index in [-0.39, 0.29) is 11.1 Å². The Balaban J connectivity index is 6.43. The molecule has 0 amide bonds. The smallest absolute Gasteiger partial charge is 0.344 e. The summed E-state index contributed by atoms with van der Waals surface area (Å²) in [6.45, 7) is 63.2. The molecule has 380 valence electrons. The van der Waals surface area contributed by atoms with Gasteiger partial charge < -0.3 is 8.46 Å². The van der Waals surface area contributed by atoms with Crippen LogP contribution in [0.3, 0.4) is 0 Å². The van der Waals surface area contributed by atoms with Crippen LogP contribution < -0.4 is 0 Å². The number of thioether (sulfide) groups is 1. The number of halogens is 6. The summed E-state index contributed by atoms with van der Waals surface area (Å²) in [6, 6.07) is -5.90. The highest BCUT2D eigenvalue weighted by molar-refractivity contribution is 7.99. The van der Waals surface area contributed by atoms with Crippen molar-refractivity contribution >= 4 is 123 Å². The SMILES string of the molecule is CC(C)[Si](C(C)C)(C(C)C)N(CCCC(CCSCCC(CCCN([Si](C(C)C)(C(C)C)C(C)C)[Si](C(C)C)(C(C)C)C(C)C)[Si](Cl)(Cl)Cl)[Si](Cl)(Cl)Cl)[Si](C(C)C)(C(C)C)C(C)C. The molecule has 0 saturated carbocycles. The van der Waals surface area contributed by atoms with E-state index in [9.17, 15) is 0 Å². The minimum absolute atomic E-state index is 0.141. The Kier molecular flexibility index (Phi) is 29.4. The Hall–Kier alpha value is 3.31. The molecule has 0 saturated heterocycles. The molecule has 0 bridgehead atoms. The third-order valence-corrected chi connectivity index (χ3v) is 58.1. The minimum Gasteiger partial charge on any atom is -0.344 e. The lowest BCUT2D eigenvalue weighted by Crippen LogP contribution is -2.74. The van der Waals surface area contributed by atoms with Crippen molar-refractivity contribution in [3.63, 3.8) is 0 Å². The highest BCUT2D eigenvalue weighted by atomic mass is 35.8. The number of hydrogen-bond donors (Lipinski definition) is 0. The third kappa shape index (κ3) is 15.2. The Morgan fingerprint density at radius 3 is 0.619 bits per heavy atom.